The average Bonchev–Trinajstić information content (AvgIpc) is 2.49. The first-order chi connectivity index (χ1) is 6.13. The molecule has 1 saturated heterocycles. The second-order valence-corrected chi connectivity index (χ2v) is 3.75. The smallest absolute Gasteiger partial charge is 0.236 e. The number of amides is 1. The molecule has 0 aromatic carbocycles. The fraction of sp³-hybridized carbons (Fsp3) is 0.889. The van der Waals surface area contributed by atoms with Crippen molar-refractivity contribution in [2.75, 3.05) is 27.2 Å². The van der Waals surface area contributed by atoms with Crippen molar-refractivity contribution < 1.29 is 4.79 Å². The molecule has 0 spiro atoms. The summed E-state index contributed by atoms with van der Waals surface area (Å²) < 4.78 is 0. The number of carbonyl (C=O) groups is 1. The molecule has 13 heavy (non-hydrogen) atoms. The molecule has 1 rings (SSSR count). The standard InChI is InChI=1S/C9H19N3O/c1-7(9(13)10-2)11-8-4-5-12(3)6-8/h7-8,11H,4-6H2,1-3H3,(H,10,13). The van der Waals surface area contributed by atoms with E-state index >= 15 is 0 Å². The van der Waals surface area contributed by atoms with Gasteiger partial charge in [-0.1, -0.05) is 0 Å². The average molecular weight is 185 g/mol. The van der Waals surface area contributed by atoms with Crippen LogP contribution in [-0.2, 0) is 4.79 Å². The van der Waals surface area contributed by atoms with E-state index in [9.17, 15) is 4.79 Å². The van der Waals surface area contributed by atoms with Gasteiger partial charge in [0.2, 0.25) is 5.91 Å². The van der Waals surface area contributed by atoms with Gasteiger partial charge in [-0.25, -0.2) is 0 Å². The Hall–Kier alpha value is -0.610. The lowest BCUT2D eigenvalue weighted by molar-refractivity contribution is -0.122. The first-order valence-electron chi connectivity index (χ1n) is 4.79. The molecule has 2 unspecified atom stereocenters. The van der Waals surface area contributed by atoms with Gasteiger partial charge in [-0.15, -0.1) is 0 Å². The van der Waals surface area contributed by atoms with Crippen LogP contribution in [0.1, 0.15) is 13.3 Å². The van der Waals surface area contributed by atoms with Crippen LogP contribution in [0.25, 0.3) is 0 Å². The zero-order valence-electron chi connectivity index (χ0n) is 8.63. The number of likely N-dealkylation sites (N-methyl/N-ethyl adjacent to an activating group) is 2. The van der Waals surface area contributed by atoms with Crippen LogP contribution in [0.5, 0.6) is 0 Å². The third-order valence-corrected chi connectivity index (χ3v) is 2.52. The largest absolute Gasteiger partial charge is 0.358 e. The summed E-state index contributed by atoms with van der Waals surface area (Å²) in [5, 5.41) is 5.94. The monoisotopic (exact) mass is 185 g/mol. The Kier molecular flexibility index (Phi) is 3.69. The summed E-state index contributed by atoms with van der Waals surface area (Å²) in [4.78, 5) is 13.5. The highest BCUT2D eigenvalue weighted by Crippen LogP contribution is 2.06. The molecule has 2 atom stereocenters. The number of hydrogen-bond donors (Lipinski definition) is 2. The van der Waals surface area contributed by atoms with E-state index in [1.54, 1.807) is 7.05 Å². The summed E-state index contributed by atoms with van der Waals surface area (Å²) in [6, 6.07) is 0.388. The lowest BCUT2D eigenvalue weighted by atomic mass is 10.2. The van der Waals surface area contributed by atoms with Gasteiger partial charge in [-0.2, -0.15) is 0 Å². The molecule has 0 saturated carbocycles. The molecule has 1 aliphatic rings. The lowest BCUT2D eigenvalue weighted by Gasteiger charge is -2.17. The molecule has 0 radical (unpaired) electrons. The van der Waals surface area contributed by atoms with Gasteiger partial charge in [0.05, 0.1) is 6.04 Å². The van der Waals surface area contributed by atoms with Gasteiger partial charge in [0, 0.05) is 19.6 Å². The molecule has 1 aliphatic heterocycles. The molecule has 0 bridgehead atoms. The number of nitrogens with one attached hydrogen (secondary N) is 2. The van der Waals surface area contributed by atoms with Crippen molar-refractivity contribution in [3.8, 4) is 0 Å². The fourth-order valence-corrected chi connectivity index (χ4v) is 1.72. The van der Waals surface area contributed by atoms with E-state index in [0.29, 0.717) is 6.04 Å². The van der Waals surface area contributed by atoms with E-state index in [1.165, 1.54) is 0 Å². The Morgan fingerprint density at radius 3 is 2.77 bits per heavy atom. The van der Waals surface area contributed by atoms with Crippen molar-refractivity contribution in [1.82, 2.24) is 15.5 Å². The minimum absolute atomic E-state index is 0.0644. The van der Waals surface area contributed by atoms with E-state index < -0.39 is 0 Å². The molecular weight excluding hydrogens is 166 g/mol. The second-order valence-electron chi connectivity index (χ2n) is 3.75. The highest BCUT2D eigenvalue weighted by Gasteiger charge is 2.22. The summed E-state index contributed by atoms with van der Waals surface area (Å²) in [6.07, 6.45) is 1.14. The van der Waals surface area contributed by atoms with Crippen LogP contribution >= 0.6 is 0 Å². The predicted molar refractivity (Wildman–Crippen MR) is 52.6 cm³/mol. The summed E-state index contributed by atoms with van der Waals surface area (Å²) >= 11 is 0. The Labute approximate surface area is 79.7 Å². The number of nitrogens with zero attached hydrogens (tertiary/aromatic N) is 1. The van der Waals surface area contributed by atoms with Crippen LogP contribution in [0, 0.1) is 0 Å². The maximum atomic E-state index is 11.2. The lowest BCUT2D eigenvalue weighted by Crippen LogP contribution is -2.46. The van der Waals surface area contributed by atoms with Crippen molar-refractivity contribution in [3.05, 3.63) is 0 Å². The maximum absolute atomic E-state index is 11.2. The van der Waals surface area contributed by atoms with E-state index in [0.717, 1.165) is 19.5 Å². The molecule has 4 heteroatoms. The van der Waals surface area contributed by atoms with Crippen LogP contribution in [-0.4, -0.2) is 50.1 Å². The highest BCUT2D eigenvalue weighted by molar-refractivity contribution is 5.80. The Balaban J connectivity index is 2.28. The molecule has 1 fully saturated rings. The molecule has 2 N–H and O–H groups in total. The second kappa shape index (κ2) is 4.58. The fourth-order valence-electron chi connectivity index (χ4n) is 1.72. The zero-order chi connectivity index (χ0) is 9.84. The number of carbonyl (C=O) groups excluding carboxylic acids is 1. The van der Waals surface area contributed by atoms with Gasteiger partial charge >= 0.3 is 0 Å². The number of likely N-dealkylation sites (tertiary alicyclic amines) is 1. The predicted octanol–water partition coefficient (Wildman–Crippen LogP) is -0.585. The van der Waals surface area contributed by atoms with Crippen LogP contribution in [0.4, 0.5) is 0 Å². The molecule has 0 aromatic heterocycles. The molecule has 0 aliphatic carbocycles. The van der Waals surface area contributed by atoms with Gasteiger partial charge in [0.25, 0.3) is 0 Å². The van der Waals surface area contributed by atoms with Gasteiger partial charge in [-0.3, -0.25) is 4.79 Å². The maximum Gasteiger partial charge on any atom is 0.236 e. The molecular formula is C9H19N3O. The van der Waals surface area contributed by atoms with Gasteiger partial charge < -0.3 is 15.5 Å². The first kappa shape index (κ1) is 10.5. The van der Waals surface area contributed by atoms with Crippen LogP contribution in [0.2, 0.25) is 0 Å². The molecule has 4 nitrogen and oxygen atoms in total. The molecule has 0 aromatic rings. The summed E-state index contributed by atoms with van der Waals surface area (Å²) in [6.45, 7) is 4.07. The van der Waals surface area contributed by atoms with E-state index in [-0.39, 0.29) is 11.9 Å². The van der Waals surface area contributed by atoms with Crippen molar-refractivity contribution in [3.63, 3.8) is 0 Å². The molecule has 1 heterocycles. The third kappa shape index (κ3) is 2.97. The topological polar surface area (TPSA) is 44.4 Å². The summed E-state index contributed by atoms with van der Waals surface area (Å²) in [5.41, 5.74) is 0. The Morgan fingerprint density at radius 1 is 1.62 bits per heavy atom. The van der Waals surface area contributed by atoms with E-state index in [1.807, 2.05) is 6.92 Å². The van der Waals surface area contributed by atoms with Crippen LogP contribution in [0.15, 0.2) is 0 Å². The van der Waals surface area contributed by atoms with Crippen LogP contribution < -0.4 is 10.6 Å². The SMILES string of the molecule is CNC(=O)C(C)NC1CCN(C)C1. The van der Waals surface area contributed by atoms with Gasteiger partial charge in [-0.05, 0) is 26.9 Å². The molecule has 76 valence electrons. The highest BCUT2D eigenvalue weighted by atomic mass is 16.2. The van der Waals surface area contributed by atoms with Gasteiger partial charge in [0.15, 0.2) is 0 Å². The molecule has 1 amide bonds. The van der Waals surface area contributed by atoms with Gasteiger partial charge in [0.1, 0.15) is 0 Å². The number of rotatable bonds is 3. The van der Waals surface area contributed by atoms with Crippen LogP contribution in [0.3, 0.4) is 0 Å². The van der Waals surface area contributed by atoms with E-state index in [2.05, 4.69) is 22.6 Å². The zero-order valence-corrected chi connectivity index (χ0v) is 8.63. The van der Waals surface area contributed by atoms with Crippen molar-refractivity contribution in [2.24, 2.45) is 0 Å². The van der Waals surface area contributed by atoms with E-state index in [4.69, 9.17) is 0 Å². The van der Waals surface area contributed by atoms with Crippen molar-refractivity contribution in [2.45, 2.75) is 25.4 Å². The Bertz CT molecular complexity index is 184. The minimum atomic E-state index is -0.0819. The number of hydrogen-bond acceptors (Lipinski definition) is 3. The minimum Gasteiger partial charge on any atom is -0.358 e. The van der Waals surface area contributed by atoms with Crippen molar-refractivity contribution in [1.29, 1.82) is 0 Å². The van der Waals surface area contributed by atoms with Crippen molar-refractivity contribution >= 4 is 5.91 Å². The third-order valence-electron chi connectivity index (χ3n) is 2.52. The first-order valence-corrected chi connectivity index (χ1v) is 4.79. The quantitative estimate of drug-likeness (QED) is 0.618. The summed E-state index contributed by atoms with van der Waals surface area (Å²) in [7, 11) is 3.77. The summed E-state index contributed by atoms with van der Waals surface area (Å²) in [5.74, 6) is 0.0644. The normalized spacial score (nSPS) is 25.9. The Morgan fingerprint density at radius 2 is 2.31 bits per heavy atom.